The molecule has 0 spiro atoms. The summed E-state index contributed by atoms with van der Waals surface area (Å²) in [5.74, 6) is 0. The van der Waals surface area contributed by atoms with Gasteiger partial charge in [-0.05, 0) is 36.2 Å². The van der Waals surface area contributed by atoms with Crippen molar-refractivity contribution in [2.75, 3.05) is 0 Å². The van der Waals surface area contributed by atoms with Crippen LogP contribution in [0.15, 0.2) is 54.7 Å². The predicted molar refractivity (Wildman–Crippen MR) is 82.0 cm³/mol. The average molecular weight is 284 g/mol. The van der Waals surface area contributed by atoms with Crippen LogP contribution in [0.25, 0.3) is 10.9 Å². The van der Waals surface area contributed by atoms with Gasteiger partial charge in [0.1, 0.15) is 6.10 Å². The summed E-state index contributed by atoms with van der Waals surface area (Å²) in [6, 6.07) is 15.3. The van der Waals surface area contributed by atoms with Gasteiger partial charge in [-0.2, -0.15) is 0 Å². The van der Waals surface area contributed by atoms with E-state index in [9.17, 15) is 5.11 Å². The number of hydrogen-bond acceptors (Lipinski definition) is 2. The van der Waals surface area contributed by atoms with E-state index in [2.05, 4.69) is 4.98 Å². The van der Waals surface area contributed by atoms with Crippen molar-refractivity contribution in [1.29, 1.82) is 0 Å². The Balaban J connectivity index is 2.08. The minimum atomic E-state index is -0.730. The molecule has 3 rings (SSSR count). The first-order valence-corrected chi connectivity index (χ1v) is 6.82. The monoisotopic (exact) mass is 283 g/mol. The fraction of sp³-hybridized carbons (Fsp3) is 0.118. The first-order chi connectivity index (χ1) is 9.66. The molecular formula is C17H14ClNO. The Morgan fingerprint density at radius 1 is 1.10 bits per heavy atom. The molecule has 1 aromatic heterocycles. The van der Waals surface area contributed by atoms with E-state index in [4.69, 9.17) is 11.6 Å². The molecule has 1 N–H and O–H groups in total. The van der Waals surface area contributed by atoms with Crippen molar-refractivity contribution in [1.82, 2.24) is 4.98 Å². The third-order valence-electron chi connectivity index (χ3n) is 3.46. The van der Waals surface area contributed by atoms with E-state index >= 15 is 0 Å². The topological polar surface area (TPSA) is 33.1 Å². The van der Waals surface area contributed by atoms with Crippen molar-refractivity contribution in [2.24, 2.45) is 0 Å². The summed E-state index contributed by atoms with van der Waals surface area (Å²) in [7, 11) is 0. The third-order valence-corrected chi connectivity index (χ3v) is 3.98. The molecular weight excluding hydrogens is 270 g/mol. The van der Waals surface area contributed by atoms with Crippen molar-refractivity contribution in [3.63, 3.8) is 0 Å². The number of pyridine rings is 1. The Morgan fingerprint density at radius 2 is 1.95 bits per heavy atom. The van der Waals surface area contributed by atoms with Gasteiger partial charge in [0.15, 0.2) is 0 Å². The zero-order valence-electron chi connectivity index (χ0n) is 11.0. The van der Waals surface area contributed by atoms with E-state index in [1.165, 1.54) is 0 Å². The smallest absolute Gasteiger partial charge is 0.106 e. The summed E-state index contributed by atoms with van der Waals surface area (Å²) in [4.78, 5) is 4.28. The Morgan fingerprint density at radius 3 is 2.80 bits per heavy atom. The normalized spacial score (nSPS) is 12.6. The second-order valence-electron chi connectivity index (χ2n) is 4.84. The van der Waals surface area contributed by atoms with E-state index in [1.54, 1.807) is 6.20 Å². The van der Waals surface area contributed by atoms with Crippen LogP contribution in [0.2, 0.25) is 5.02 Å². The first-order valence-electron chi connectivity index (χ1n) is 6.44. The van der Waals surface area contributed by atoms with Crippen molar-refractivity contribution >= 4 is 22.5 Å². The van der Waals surface area contributed by atoms with E-state index in [1.807, 2.05) is 55.5 Å². The molecule has 1 atom stereocenters. The molecule has 1 unspecified atom stereocenters. The van der Waals surface area contributed by atoms with Crippen LogP contribution in [0.3, 0.4) is 0 Å². The number of aliphatic hydroxyl groups is 1. The first kappa shape index (κ1) is 13.1. The number of aromatic nitrogens is 1. The lowest BCUT2D eigenvalue weighted by molar-refractivity contribution is 0.220. The SMILES string of the molecule is Cc1cccc(C(O)c2ccc3ncccc3c2)c1Cl. The molecule has 100 valence electrons. The number of halogens is 1. The second-order valence-corrected chi connectivity index (χ2v) is 5.21. The maximum Gasteiger partial charge on any atom is 0.106 e. The van der Waals surface area contributed by atoms with Crippen LogP contribution < -0.4 is 0 Å². The Kier molecular flexibility index (Phi) is 3.43. The summed E-state index contributed by atoms with van der Waals surface area (Å²) in [6.07, 6.45) is 1.03. The van der Waals surface area contributed by atoms with Gasteiger partial charge in [-0.15, -0.1) is 0 Å². The molecule has 0 aliphatic rings. The highest BCUT2D eigenvalue weighted by atomic mass is 35.5. The number of fused-ring (bicyclic) bond motifs is 1. The molecule has 0 aliphatic carbocycles. The Labute approximate surface area is 122 Å². The van der Waals surface area contributed by atoms with Gasteiger partial charge in [-0.25, -0.2) is 0 Å². The third kappa shape index (κ3) is 2.28. The molecule has 0 saturated heterocycles. The minimum Gasteiger partial charge on any atom is -0.384 e. The summed E-state index contributed by atoms with van der Waals surface area (Å²) >= 11 is 6.28. The molecule has 2 nitrogen and oxygen atoms in total. The highest BCUT2D eigenvalue weighted by Crippen LogP contribution is 2.31. The zero-order chi connectivity index (χ0) is 14.1. The largest absolute Gasteiger partial charge is 0.384 e. The van der Waals surface area contributed by atoms with Gasteiger partial charge < -0.3 is 5.11 Å². The lowest BCUT2D eigenvalue weighted by Gasteiger charge is -2.15. The fourth-order valence-corrected chi connectivity index (χ4v) is 2.55. The number of aryl methyl sites for hydroxylation is 1. The zero-order valence-corrected chi connectivity index (χ0v) is 11.8. The molecule has 0 fully saturated rings. The van der Waals surface area contributed by atoms with Crippen LogP contribution in [-0.2, 0) is 0 Å². The molecule has 0 aliphatic heterocycles. The maximum atomic E-state index is 10.6. The van der Waals surface area contributed by atoms with E-state index < -0.39 is 6.10 Å². The fourth-order valence-electron chi connectivity index (χ4n) is 2.33. The van der Waals surface area contributed by atoms with Crippen molar-refractivity contribution in [3.8, 4) is 0 Å². The molecule has 3 heteroatoms. The highest BCUT2D eigenvalue weighted by molar-refractivity contribution is 6.32. The molecule has 0 bridgehead atoms. The van der Waals surface area contributed by atoms with E-state index in [-0.39, 0.29) is 0 Å². The van der Waals surface area contributed by atoms with Crippen LogP contribution in [0, 0.1) is 6.92 Å². The van der Waals surface area contributed by atoms with Crippen LogP contribution in [0.1, 0.15) is 22.8 Å². The molecule has 2 aromatic carbocycles. The van der Waals surface area contributed by atoms with Gasteiger partial charge in [0.2, 0.25) is 0 Å². The van der Waals surface area contributed by atoms with E-state index in [0.717, 1.165) is 27.6 Å². The number of rotatable bonds is 2. The van der Waals surface area contributed by atoms with Crippen LogP contribution in [-0.4, -0.2) is 10.1 Å². The van der Waals surface area contributed by atoms with Crippen molar-refractivity contribution < 1.29 is 5.11 Å². The van der Waals surface area contributed by atoms with Crippen LogP contribution in [0.5, 0.6) is 0 Å². The summed E-state index contributed by atoms with van der Waals surface area (Å²) in [5.41, 5.74) is 3.43. The maximum absolute atomic E-state index is 10.6. The summed E-state index contributed by atoms with van der Waals surface area (Å²) in [6.45, 7) is 1.93. The average Bonchev–Trinajstić information content (AvgIpc) is 2.49. The van der Waals surface area contributed by atoms with Gasteiger partial charge in [-0.3, -0.25) is 4.98 Å². The second kappa shape index (κ2) is 5.23. The van der Waals surface area contributed by atoms with Crippen molar-refractivity contribution in [2.45, 2.75) is 13.0 Å². The van der Waals surface area contributed by atoms with Gasteiger partial charge >= 0.3 is 0 Å². The Hall–Kier alpha value is -1.90. The summed E-state index contributed by atoms with van der Waals surface area (Å²) in [5, 5.41) is 12.2. The number of benzene rings is 2. The minimum absolute atomic E-state index is 0.617. The standard InChI is InChI=1S/C17H14ClNO/c1-11-4-2-6-14(16(11)18)17(20)13-7-8-15-12(10-13)5-3-9-19-15/h2-10,17,20H,1H3. The molecule has 3 aromatic rings. The molecule has 0 radical (unpaired) electrons. The lowest BCUT2D eigenvalue weighted by atomic mass is 9.98. The molecule has 1 heterocycles. The van der Waals surface area contributed by atoms with E-state index in [0.29, 0.717) is 5.02 Å². The van der Waals surface area contributed by atoms with Crippen LogP contribution >= 0.6 is 11.6 Å². The number of nitrogens with zero attached hydrogens (tertiary/aromatic N) is 1. The molecule has 20 heavy (non-hydrogen) atoms. The Bertz CT molecular complexity index is 770. The quantitative estimate of drug-likeness (QED) is 0.761. The van der Waals surface area contributed by atoms with Gasteiger partial charge in [0.25, 0.3) is 0 Å². The van der Waals surface area contributed by atoms with Gasteiger partial charge in [0, 0.05) is 22.2 Å². The molecule has 0 saturated carbocycles. The highest BCUT2D eigenvalue weighted by Gasteiger charge is 2.15. The molecule has 0 amide bonds. The van der Waals surface area contributed by atoms with Gasteiger partial charge in [-0.1, -0.05) is 41.9 Å². The number of hydrogen-bond donors (Lipinski definition) is 1. The predicted octanol–water partition coefficient (Wildman–Crippen LogP) is 4.28. The number of aliphatic hydroxyl groups excluding tert-OH is 1. The van der Waals surface area contributed by atoms with Gasteiger partial charge in [0.05, 0.1) is 5.52 Å². The summed E-state index contributed by atoms with van der Waals surface area (Å²) < 4.78 is 0. The lowest BCUT2D eigenvalue weighted by Crippen LogP contribution is -2.01. The van der Waals surface area contributed by atoms with Crippen molar-refractivity contribution in [3.05, 3.63) is 76.4 Å². The van der Waals surface area contributed by atoms with Crippen LogP contribution in [0.4, 0.5) is 0 Å².